The first-order valence-electron chi connectivity index (χ1n) is 8.98. The van der Waals surface area contributed by atoms with Gasteiger partial charge in [-0.2, -0.15) is 0 Å². The third-order valence-corrected chi connectivity index (χ3v) is 3.96. The fraction of sp³-hybridized carbons (Fsp3) is 0.238. The lowest BCUT2D eigenvalue weighted by Crippen LogP contribution is -2.42. The van der Waals surface area contributed by atoms with E-state index in [1.165, 1.54) is 48.6 Å². The summed E-state index contributed by atoms with van der Waals surface area (Å²) in [5, 5.41) is 40.4. The lowest BCUT2D eigenvalue weighted by molar-refractivity contribution is -0.147. The second-order valence-corrected chi connectivity index (χ2v) is 6.34. The molecule has 0 heterocycles. The summed E-state index contributed by atoms with van der Waals surface area (Å²) in [6.07, 6.45) is 3.27. The highest BCUT2D eigenvalue weighted by molar-refractivity contribution is 5.94. The number of ether oxygens (including phenoxy) is 1. The van der Waals surface area contributed by atoms with Gasteiger partial charge in [0.1, 0.15) is 6.04 Å². The van der Waals surface area contributed by atoms with Crippen LogP contribution in [0.2, 0.25) is 0 Å². The molecule has 8 heteroatoms. The SMILES string of the molecule is CCCOC(=O)[C@H](Cc1ccc(O)c(O)c1)NC(=O)/C=C/c1ccc(O)c(O)c1. The number of rotatable bonds is 8. The monoisotopic (exact) mass is 401 g/mol. The topological polar surface area (TPSA) is 136 Å². The van der Waals surface area contributed by atoms with Crippen molar-refractivity contribution in [3.8, 4) is 23.0 Å². The van der Waals surface area contributed by atoms with E-state index in [4.69, 9.17) is 4.74 Å². The van der Waals surface area contributed by atoms with E-state index in [0.29, 0.717) is 17.5 Å². The number of hydrogen-bond donors (Lipinski definition) is 5. The van der Waals surface area contributed by atoms with Crippen molar-refractivity contribution in [3.63, 3.8) is 0 Å². The Morgan fingerprint density at radius 3 is 2.28 bits per heavy atom. The Kier molecular flexibility index (Phi) is 7.47. The average molecular weight is 401 g/mol. The van der Waals surface area contributed by atoms with E-state index in [0.717, 1.165) is 0 Å². The van der Waals surface area contributed by atoms with Gasteiger partial charge in [-0.3, -0.25) is 4.79 Å². The minimum absolute atomic E-state index is 0.0516. The molecule has 1 atom stereocenters. The van der Waals surface area contributed by atoms with Crippen LogP contribution >= 0.6 is 0 Å². The quantitative estimate of drug-likeness (QED) is 0.260. The molecular formula is C21H23NO7. The summed E-state index contributed by atoms with van der Waals surface area (Å²) < 4.78 is 5.12. The summed E-state index contributed by atoms with van der Waals surface area (Å²) in [6.45, 7) is 2.04. The van der Waals surface area contributed by atoms with Gasteiger partial charge < -0.3 is 30.5 Å². The van der Waals surface area contributed by atoms with Crippen LogP contribution in [-0.4, -0.2) is 45.0 Å². The Hall–Kier alpha value is -3.68. The molecule has 0 aromatic heterocycles. The van der Waals surface area contributed by atoms with Gasteiger partial charge in [0.05, 0.1) is 6.61 Å². The Balaban J connectivity index is 2.11. The van der Waals surface area contributed by atoms with E-state index in [1.807, 2.05) is 6.92 Å². The van der Waals surface area contributed by atoms with E-state index in [2.05, 4.69) is 5.32 Å². The van der Waals surface area contributed by atoms with Crippen LogP contribution in [0.4, 0.5) is 0 Å². The minimum Gasteiger partial charge on any atom is -0.504 e. The zero-order chi connectivity index (χ0) is 21.4. The van der Waals surface area contributed by atoms with Crippen LogP contribution < -0.4 is 5.32 Å². The predicted octanol–water partition coefficient (Wildman–Crippen LogP) is 2.20. The normalized spacial score (nSPS) is 11.9. The largest absolute Gasteiger partial charge is 0.504 e. The van der Waals surface area contributed by atoms with Crippen LogP contribution in [0.25, 0.3) is 6.08 Å². The van der Waals surface area contributed by atoms with Gasteiger partial charge >= 0.3 is 5.97 Å². The van der Waals surface area contributed by atoms with Crippen molar-refractivity contribution in [2.45, 2.75) is 25.8 Å². The molecule has 2 aromatic carbocycles. The number of hydrogen-bond acceptors (Lipinski definition) is 7. The van der Waals surface area contributed by atoms with E-state index >= 15 is 0 Å². The van der Waals surface area contributed by atoms with Crippen LogP contribution in [0.3, 0.4) is 0 Å². The van der Waals surface area contributed by atoms with Gasteiger partial charge in [0.2, 0.25) is 5.91 Å². The number of aromatic hydroxyl groups is 4. The molecule has 0 unspecified atom stereocenters. The Labute approximate surface area is 167 Å². The zero-order valence-corrected chi connectivity index (χ0v) is 15.8. The molecule has 0 fully saturated rings. The standard InChI is InChI=1S/C21H23NO7/c1-2-9-29-21(28)15(10-14-4-7-17(24)19(26)12-14)22-20(27)8-5-13-3-6-16(23)18(25)11-13/h3-8,11-12,15,23-26H,2,9-10H2,1H3,(H,22,27)/b8-5+/t15-/m0/s1. The molecule has 29 heavy (non-hydrogen) atoms. The number of phenols is 4. The maximum absolute atomic E-state index is 12.3. The summed E-state index contributed by atoms with van der Waals surface area (Å²) in [7, 11) is 0. The summed E-state index contributed by atoms with van der Waals surface area (Å²) in [5.74, 6) is -2.41. The molecule has 2 rings (SSSR count). The molecule has 0 spiro atoms. The van der Waals surface area contributed by atoms with Gasteiger partial charge in [0.15, 0.2) is 23.0 Å². The van der Waals surface area contributed by atoms with Crippen molar-refractivity contribution in [2.75, 3.05) is 6.61 Å². The summed E-state index contributed by atoms with van der Waals surface area (Å²) >= 11 is 0. The van der Waals surface area contributed by atoms with E-state index in [9.17, 15) is 30.0 Å². The van der Waals surface area contributed by atoms with Crippen molar-refractivity contribution in [1.82, 2.24) is 5.32 Å². The molecule has 0 aliphatic heterocycles. The van der Waals surface area contributed by atoms with Crippen LogP contribution in [0.5, 0.6) is 23.0 Å². The molecule has 154 valence electrons. The minimum atomic E-state index is -1.00. The molecule has 8 nitrogen and oxygen atoms in total. The smallest absolute Gasteiger partial charge is 0.328 e. The van der Waals surface area contributed by atoms with E-state index in [1.54, 1.807) is 0 Å². The molecule has 1 amide bonds. The fourth-order valence-corrected chi connectivity index (χ4v) is 2.46. The maximum atomic E-state index is 12.3. The van der Waals surface area contributed by atoms with Crippen molar-refractivity contribution >= 4 is 18.0 Å². The number of esters is 1. The van der Waals surface area contributed by atoms with Gasteiger partial charge in [0, 0.05) is 12.5 Å². The predicted molar refractivity (Wildman–Crippen MR) is 105 cm³/mol. The summed E-state index contributed by atoms with van der Waals surface area (Å²) in [5.41, 5.74) is 0.996. The van der Waals surface area contributed by atoms with Gasteiger partial charge in [0.25, 0.3) is 0 Å². The fourth-order valence-electron chi connectivity index (χ4n) is 2.46. The van der Waals surface area contributed by atoms with Gasteiger partial charge in [-0.05, 0) is 47.9 Å². The first kappa shape index (κ1) is 21.6. The number of amides is 1. The zero-order valence-electron chi connectivity index (χ0n) is 15.8. The Morgan fingerprint density at radius 2 is 1.66 bits per heavy atom. The second-order valence-electron chi connectivity index (χ2n) is 6.34. The molecule has 0 aliphatic rings. The lowest BCUT2D eigenvalue weighted by atomic mass is 10.0. The van der Waals surface area contributed by atoms with Crippen LogP contribution in [0.1, 0.15) is 24.5 Å². The highest BCUT2D eigenvalue weighted by Gasteiger charge is 2.22. The molecule has 0 bridgehead atoms. The first-order chi connectivity index (χ1) is 13.8. The number of carbonyl (C=O) groups excluding carboxylic acids is 2. The maximum Gasteiger partial charge on any atom is 0.328 e. The van der Waals surface area contributed by atoms with Crippen LogP contribution in [0.15, 0.2) is 42.5 Å². The number of carbonyl (C=O) groups is 2. The summed E-state index contributed by atoms with van der Waals surface area (Å²) in [6, 6.07) is 7.19. The van der Waals surface area contributed by atoms with Crippen molar-refractivity contribution < 1.29 is 34.8 Å². The molecule has 0 aliphatic carbocycles. The molecule has 0 radical (unpaired) electrons. The van der Waals surface area contributed by atoms with Crippen molar-refractivity contribution in [2.24, 2.45) is 0 Å². The number of nitrogens with one attached hydrogen (secondary N) is 1. The van der Waals surface area contributed by atoms with Crippen LogP contribution in [-0.2, 0) is 20.7 Å². The van der Waals surface area contributed by atoms with Crippen molar-refractivity contribution in [1.29, 1.82) is 0 Å². The Morgan fingerprint density at radius 1 is 1.00 bits per heavy atom. The third kappa shape index (κ3) is 6.46. The number of phenolic OH excluding ortho intramolecular Hbond substituents is 4. The highest BCUT2D eigenvalue weighted by Crippen LogP contribution is 2.26. The van der Waals surface area contributed by atoms with E-state index in [-0.39, 0.29) is 36.0 Å². The lowest BCUT2D eigenvalue weighted by Gasteiger charge is -2.17. The van der Waals surface area contributed by atoms with Gasteiger partial charge in [-0.1, -0.05) is 19.1 Å². The van der Waals surface area contributed by atoms with Gasteiger partial charge in [-0.25, -0.2) is 4.79 Å². The molecule has 5 N–H and O–H groups in total. The second kappa shape index (κ2) is 10.0. The molecule has 0 saturated carbocycles. The Bertz CT molecular complexity index is 908. The number of benzene rings is 2. The van der Waals surface area contributed by atoms with Crippen LogP contribution in [0, 0.1) is 0 Å². The van der Waals surface area contributed by atoms with Gasteiger partial charge in [-0.15, -0.1) is 0 Å². The average Bonchev–Trinajstić information content (AvgIpc) is 2.69. The third-order valence-electron chi connectivity index (χ3n) is 3.96. The van der Waals surface area contributed by atoms with E-state index < -0.39 is 17.9 Å². The van der Waals surface area contributed by atoms with Crippen molar-refractivity contribution in [3.05, 3.63) is 53.6 Å². The highest BCUT2D eigenvalue weighted by atomic mass is 16.5. The first-order valence-corrected chi connectivity index (χ1v) is 8.98. The molecule has 0 saturated heterocycles. The molecular weight excluding hydrogens is 378 g/mol. The summed E-state index contributed by atoms with van der Waals surface area (Å²) in [4.78, 5) is 24.6. The molecule has 2 aromatic rings.